The number of carbonyl (C=O) groups is 2. The molecule has 1 aliphatic carbocycles. The Hall–Kier alpha value is -1.64. The van der Waals surface area contributed by atoms with Crippen molar-refractivity contribution in [1.29, 1.82) is 0 Å². The average molecular weight is 317 g/mol. The topological polar surface area (TPSA) is 46.2 Å². The van der Waals surface area contributed by atoms with Crippen molar-refractivity contribution in [3.8, 4) is 0 Å². The molecule has 2 rings (SSSR count). The summed E-state index contributed by atoms with van der Waals surface area (Å²) in [5, 5.41) is 2.45. The first-order valence-electron chi connectivity index (χ1n) is 8.71. The van der Waals surface area contributed by atoms with Crippen LogP contribution in [0.3, 0.4) is 0 Å². The largest absolute Gasteiger partial charge is 0.296 e. The van der Waals surface area contributed by atoms with E-state index in [-0.39, 0.29) is 28.6 Å². The van der Waals surface area contributed by atoms with E-state index < -0.39 is 0 Å². The van der Waals surface area contributed by atoms with Gasteiger partial charge in [0.2, 0.25) is 11.8 Å². The Morgan fingerprint density at radius 2 is 1.78 bits per heavy atom. The molecule has 1 fully saturated rings. The van der Waals surface area contributed by atoms with Crippen molar-refractivity contribution in [1.82, 2.24) is 5.32 Å². The summed E-state index contributed by atoms with van der Waals surface area (Å²) in [5.74, 6) is -0.546. The van der Waals surface area contributed by atoms with Crippen molar-refractivity contribution in [2.75, 3.05) is 0 Å². The molecule has 2 amide bonds. The van der Waals surface area contributed by atoms with E-state index >= 15 is 0 Å². The van der Waals surface area contributed by atoms with Crippen molar-refractivity contribution in [3.05, 3.63) is 36.0 Å². The zero-order valence-corrected chi connectivity index (χ0v) is 15.4. The van der Waals surface area contributed by atoms with Crippen molar-refractivity contribution in [3.63, 3.8) is 0 Å². The summed E-state index contributed by atoms with van der Waals surface area (Å²) >= 11 is 0. The standard InChI is InChI=1S/C18H25NO2.C2H6/c1-5-18(4)9-8-13(12-17(2,3)10-11-18)14-6-7-15(20)19-16(14)21;1-2/h8-12,14H,5-7H2,1-4H3,(H,19,20,21);1-2H3/b9-8-,11-10-,13-12+;. The first kappa shape index (κ1) is 19.4. The second-order valence-corrected chi connectivity index (χ2v) is 7.00. The van der Waals surface area contributed by atoms with Gasteiger partial charge in [-0.2, -0.15) is 0 Å². The van der Waals surface area contributed by atoms with Crippen LogP contribution >= 0.6 is 0 Å². The average Bonchev–Trinajstić information content (AvgIpc) is 2.51. The van der Waals surface area contributed by atoms with E-state index in [1.54, 1.807) is 0 Å². The van der Waals surface area contributed by atoms with Gasteiger partial charge >= 0.3 is 0 Å². The van der Waals surface area contributed by atoms with Crippen LogP contribution in [0.15, 0.2) is 36.0 Å². The van der Waals surface area contributed by atoms with E-state index in [1.165, 1.54) is 0 Å². The fourth-order valence-corrected chi connectivity index (χ4v) is 2.74. The molecule has 0 spiro atoms. The SMILES string of the molecule is CC.CCC1(C)/C=C\C(C2CCC(=O)NC2=O)=C/C(C)(C)/C=C\1. The van der Waals surface area contributed by atoms with Crippen molar-refractivity contribution in [2.24, 2.45) is 16.7 Å². The summed E-state index contributed by atoms with van der Waals surface area (Å²) in [6, 6.07) is 0. The lowest BCUT2D eigenvalue weighted by Crippen LogP contribution is -2.41. The van der Waals surface area contributed by atoms with Crippen LogP contribution in [0.25, 0.3) is 0 Å². The van der Waals surface area contributed by atoms with E-state index in [1.807, 2.05) is 13.8 Å². The third kappa shape index (κ3) is 5.19. The normalized spacial score (nSPS) is 34.7. The highest BCUT2D eigenvalue weighted by Gasteiger charge is 2.31. The van der Waals surface area contributed by atoms with Crippen LogP contribution in [-0.4, -0.2) is 11.8 Å². The molecule has 2 aliphatic rings. The zero-order chi connectivity index (χ0) is 17.7. The van der Waals surface area contributed by atoms with E-state index in [9.17, 15) is 9.59 Å². The molecule has 0 aromatic heterocycles. The van der Waals surface area contributed by atoms with E-state index in [4.69, 9.17) is 0 Å². The van der Waals surface area contributed by atoms with Crippen LogP contribution in [0, 0.1) is 16.7 Å². The molecule has 2 unspecified atom stereocenters. The van der Waals surface area contributed by atoms with Gasteiger partial charge in [0.05, 0.1) is 5.92 Å². The summed E-state index contributed by atoms with van der Waals surface area (Å²) < 4.78 is 0. The van der Waals surface area contributed by atoms with Gasteiger partial charge in [-0.05, 0) is 18.4 Å². The summed E-state index contributed by atoms with van der Waals surface area (Å²) in [5.41, 5.74) is 0.935. The van der Waals surface area contributed by atoms with Gasteiger partial charge in [-0.1, -0.05) is 71.9 Å². The Kier molecular flexibility index (Phi) is 6.55. The van der Waals surface area contributed by atoms with Crippen LogP contribution in [0.1, 0.15) is 60.8 Å². The molecule has 3 heteroatoms. The summed E-state index contributed by atoms with van der Waals surface area (Å²) in [6.07, 6.45) is 12.9. The molecule has 1 saturated heterocycles. The van der Waals surface area contributed by atoms with Crippen molar-refractivity contribution < 1.29 is 9.59 Å². The van der Waals surface area contributed by atoms with Crippen molar-refractivity contribution in [2.45, 2.75) is 60.8 Å². The number of allylic oxidation sites excluding steroid dienone is 5. The van der Waals surface area contributed by atoms with Crippen LogP contribution in [-0.2, 0) is 9.59 Å². The zero-order valence-electron chi connectivity index (χ0n) is 15.4. The van der Waals surface area contributed by atoms with Gasteiger partial charge in [0.1, 0.15) is 0 Å². The Morgan fingerprint density at radius 1 is 1.13 bits per heavy atom. The summed E-state index contributed by atoms with van der Waals surface area (Å²) in [4.78, 5) is 23.4. The third-order valence-corrected chi connectivity index (χ3v) is 4.49. The van der Waals surface area contributed by atoms with Gasteiger partial charge in [0, 0.05) is 17.3 Å². The fourth-order valence-electron chi connectivity index (χ4n) is 2.74. The number of rotatable bonds is 2. The molecule has 1 heterocycles. The molecule has 128 valence electrons. The third-order valence-electron chi connectivity index (χ3n) is 4.49. The Bertz CT molecular complexity index is 540. The fraction of sp³-hybridized carbons (Fsp3) is 0.600. The van der Waals surface area contributed by atoms with E-state index in [2.05, 4.69) is 63.4 Å². The number of piperidine rings is 1. The van der Waals surface area contributed by atoms with Crippen LogP contribution < -0.4 is 5.32 Å². The van der Waals surface area contributed by atoms with Gasteiger partial charge < -0.3 is 0 Å². The molecular formula is C20H31NO2. The molecule has 0 aromatic rings. The molecule has 0 radical (unpaired) electrons. The molecule has 0 bridgehead atoms. The molecule has 1 N–H and O–H groups in total. The van der Waals surface area contributed by atoms with Crippen LogP contribution in [0.4, 0.5) is 0 Å². The minimum absolute atomic E-state index is 0.0116. The van der Waals surface area contributed by atoms with Gasteiger partial charge in [0.15, 0.2) is 0 Å². The second kappa shape index (κ2) is 7.76. The smallest absolute Gasteiger partial charge is 0.234 e. The number of nitrogens with one attached hydrogen (secondary N) is 1. The molecule has 0 saturated carbocycles. The monoisotopic (exact) mass is 317 g/mol. The number of carbonyl (C=O) groups excluding carboxylic acids is 2. The van der Waals surface area contributed by atoms with Gasteiger partial charge in [0.25, 0.3) is 0 Å². The van der Waals surface area contributed by atoms with Gasteiger partial charge in [-0.25, -0.2) is 0 Å². The lowest BCUT2D eigenvalue weighted by atomic mass is 9.76. The van der Waals surface area contributed by atoms with Crippen LogP contribution in [0.2, 0.25) is 0 Å². The lowest BCUT2D eigenvalue weighted by Gasteiger charge is -2.29. The molecule has 2 atom stereocenters. The van der Waals surface area contributed by atoms with E-state index in [0.717, 1.165) is 12.0 Å². The predicted molar refractivity (Wildman–Crippen MR) is 95.8 cm³/mol. The lowest BCUT2D eigenvalue weighted by molar-refractivity contribution is -0.135. The highest BCUT2D eigenvalue weighted by molar-refractivity contribution is 6.00. The summed E-state index contributed by atoms with van der Waals surface area (Å²) in [7, 11) is 0. The molecule has 23 heavy (non-hydrogen) atoms. The van der Waals surface area contributed by atoms with Gasteiger partial charge in [-0.3, -0.25) is 14.9 Å². The first-order valence-corrected chi connectivity index (χ1v) is 8.71. The minimum Gasteiger partial charge on any atom is -0.296 e. The Balaban J connectivity index is 0.00000127. The summed E-state index contributed by atoms with van der Waals surface area (Å²) in [6.45, 7) is 12.7. The molecule has 0 aromatic carbocycles. The maximum Gasteiger partial charge on any atom is 0.234 e. The Morgan fingerprint density at radius 3 is 2.35 bits per heavy atom. The second-order valence-electron chi connectivity index (χ2n) is 7.00. The highest BCUT2D eigenvalue weighted by atomic mass is 16.2. The molecular weight excluding hydrogens is 286 g/mol. The van der Waals surface area contributed by atoms with E-state index in [0.29, 0.717) is 12.8 Å². The maximum atomic E-state index is 12.1. The number of imide groups is 1. The number of amides is 2. The maximum absolute atomic E-state index is 12.1. The predicted octanol–water partition coefficient (Wildman–Crippen LogP) is 4.56. The van der Waals surface area contributed by atoms with Crippen molar-refractivity contribution >= 4 is 11.8 Å². The first-order chi connectivity index (χ1) is 10.7. The molecule has 1 aliphatic heterocycles. The Labute approximate surface area is 140 Å². The minimum atomic E-state index is -0.217. The van der Waals surface area contributed by atoms with Gasteiger partial charge in [-0.15, -0.1) is 0 Å². The molecule has 3 nitrogen and oxygen atoms in total. The quantitative estimate of drug-likeness (QED) is 0.599. The highest BCUT2D eigenvalue weighted by Crippen LogP contribution is 2.35. The number of hydrogen-bond donors (Lipinski definition) is 1. The number of hydrogen-bond acceptors (Lipinski definition) is 2. The van der Waals surface area contributed by atoms with Crippen LogP contribution in [0.5, 0.6) is 0 Å².